The fourth-order valence-electron chi connectivity index (χ4n) is 2.41. The first kappa shape index (κ1) is 16.2. The fraction of sp³-hybridized carbons (Fsp3) is 0.571. The molecular formula is C14H22ClFN2O. The molecule has 0 aromatic heterocycles. The van der Waals surface area contributed by atoms with E-state index in [-0.39, 0.29) is 25.1 Å². The van der Waals surface area contributed by atoms with Gasteiger partial charge in [-0.05, 0) is 13.0 Å². The number of para-hydroxylation sites is 1. The minimum atomic E-state index is -0.371. The van der Waals surface area contributed by atoms with Gasteiger partial charge in [0.2, 0.25) is 0 Å². The smallest absolute Gasteiger partial charge is 0.124 e. The van der Waals surface area contributed by atoms with Crippen molar-refractivity contribution in [3.8, 4) is 5.75 Å². The quantitative estimate of drug-likeness (QED) is 0.901. The standard InChI is InChI=1S/C14H21FN2O.ClH/c1-2-18-14-6-4-3-5-12(14)13(11-15)17-9-7-16-8-10-17;/h3-6,13,16H,2,7-11H2,1H3;1H/t13-;/m0./s1. The van der Waals surface area contributed by atoms with Crippen LogP contribution in [0.15, 0.2) is 24.3 Å². The maximum atomic E-state index is 13.4. The van der Waals surface area contributed by atoms with Crippen LogP contribution in [0, 0.1) is 0 Å². The van der Waals surface area contributed by atoms with Gasteiger partial charge in [-0.25, -0.2) is 4.39 Å². The van der Waals surface area contributed by atoms with Gasteiger partial charge in [-0.2, -0.15) is 0 Å². The lowest BCUT2D eigenvalue weighted by Crippen LogP contribution is -2.45. The molecule has 1 aromatic carbocycles. The Morgan fingerprint density at radius 3 is 2.63 bits per heavy atom. The Hall–Kier alpha value is -0.840. The SMILES string of the molecule is CCOc1ccccc1[C@H](CF)N1CCNCC1.Cl. The number of nitrogens with one attached hydrogen (secondary N) is 1. The molecule has 0 radical (unpaired) electrons. The number of benzene rings is 1. The number of nitrogens with zero attached hydrogens (tertiary/aromatic N) is 1. The van der Waals surface area contributed by atoms with E-state index in [1.165, 1.54) is 0 Å². The molecule has 0 amide bonds. The number of hydrogen-bond acceptors (Lipinski definition) is 3. The van der Waals surface area contributed by atoms with Gasteiger partial charge in [0, 0.05) is 31.7 Å². The van der Waals surface area contributed by atoms with E-state index in [4.69, 9.17) is 4.74 Å². The molecule has 1 aromatic rings. The first-order chi connectivity index (χ1) is 8.86. The van der Waals surface area contributed by atoms with E-state index < -0.39 is 0 Å². The molecule has 0 spiro atoms. The average molecular weight is 289 g/mol. The van der Waals surface area contributed by atoms with Gasteiger partial charge in [0.25, 0.3) is 0 Å². The van der Waals surface area contributed by atoms with Crippen molar-refractivity contribution >= 4 is 12.4 Å². The lowest BCUT2D eigenvalue weighted by molar-refractivity contribution is 0.144. The maximum Gasteiger partial charge on any atom is 0.124 e. The van der Waals surface area contributed by atoms with E-state index in [0.717, 1.165) is 37.5 Å². The van der Waals surface area contributed by atoms with Gasteiger partial charge >= 0.3 is 0 Å². The number of ether oxygens (including phenoxy) is 1. The van der Waals surface area contributed by atoms with Crippen molar-refractivity contribution in [3.63, 3.8) is 0 Å². The van der Waals surface area contributed by atoms with E-state index in [0.29, 0.717) is 6.61 Å². The molecule has 1 saturated heterocycles. The largest absolute Gasteiger partial charge is 0.494 e. The molecule has 1 N–H and O–H groups in total. The molecule has 19 heavy (non-hydrogen) atoms. The highest BCUT2D eigenvalue weighted by Gasteiger charge is 2.24. The zero-order valence-electron chi connectivity index (χ0n) is 11.3. The number of hydrogen-bond donors (Lipinski definition) is 1. The Balaban J connectivity index is 0.00000180. The zero-order valence-corrected chi connectivity index (χ0v) is 12.1. The normalized spacial score (nSPS) is 17.6. The molecule has 0 saturated carbocycles. The molecule has 1 heterocycles. The molecule has 0 unspecified atom stereocenters. The van der Waals surface area contributed by atoms with Crippen molar-refractivity contribution in [1.82, 2.24) is 10.2 Å². The fourth-order valence-corrected chi connectivity index (χ4v) is 2.41. The van der Waals surface area contributed by atoms with Crippen molar-refractivity contribution in [2.75, 3.05) is 39.5 Å². The average Bonchev–Trinajstić information content (AvgIpc) is 2.43. The maximum absolute atomic E-state index is 13.4. The van der Waals surface area contributed by atoms with Gasteiger partial charge in [-0.1, -0.05) is 18.2 Å². The summed E-state index contributed by atoms with van der Waals surface area (Å²) in [5.41, 5.74) is 0.962. The highest BCUT2D eigenvalue weighted by molar-refractivity contribution is 5.85. The summed E-state index contributed by atoms with van der Waals surface area (Å²) in [7, 11) is 0. The Bertz CT molecular complexity index is 372. The van der Waals surface area contributed by atoms with Crippen molar-refractivity contribution in [2.24, 2.45) is 0 Å². The van der Waals surface area contributed by atoms with Crippen LogP contribution >= 0.6 is 12.4 Å². The van der Waals surface area contributed by atoms with Crippen LogP contribution in [0.25, 0.3) is 0 Å². The molecule has 5 heteroatoms. The van der Waals surface area contributed by atoms with E-state index >= 15 is 0 Å². The molecular weight excluding hydrogens is 267 g/mol. The van der Waals surface area contributed by atoms with Crippen molar-refractivity contribution in [2.45, 2.75) is 13.0 Å². The van der Waals surface area contributed by atoms with E-state index in [9.17, 15) is 4.39 Å². The van der Waals surface area contributed by atoms with Crippen LogP contribution in [0.4, 0.5) is 4.39 Å². The minimum absolute atomic E-state index is 0. The summed E-state index contributed by atoms with van der Waals surface area (Å²) in [6.07, 6.45) is 0. The van der Waals surface area contributed by atoms with Gasteiger partial charge in [-0.3, -0.25) is 4.90 Å². The van der Waals surface area contributed by atoms with E-state index in [2.05, 4.69) is 10.2 Å². The first-order valence-corrected chi connectivity index (χ1v) is 6.59. The van der Waals surface area contributed by atoms with Crippen LogP contribution in [0.1, 0.15) is 18.5 Å². The molecule has 1 fully saturated rings. The van der Waals surface area contributed by atoms with E-state index in [1.54, 1.807) is 0 Å². The van der Waals surface area contributed by atoms with Crippen molar-refractivity contribution < 1.29 is 9.13 Å². The number of halogens is 2. The monoisotopic (exact) mass is 288 g/mol. The molecule has 1 atom stereocenters. The number of piperazine rings is 1. The summed E-state index contributed by atoms with van der Waals surface area (Å²) in [6.45, 7) is 5.80. The Morgan fingerprint density at radius 1 is 1.32 bits per heavy atom. The molecule has 2 rings (SSSR count). The molecule has 1 aliphatic rings. The molecule has 108 valence electrons. The predicted molar refractivity (Wildman–Crippen MR) is 78.0 cm³/mol. The Morgan fingerprint density at radius 2 is 2.00 bits per heavy atom. The van der Waals surface area contributed by atoms with Crippen LogP contribution in [-0.2, 0) is 0 Å². The summed E-state index contributed by atoms with van der Waals surface area (Å²) in [6, 6.07) is 7.58. The summed E-state index contributed by atoms with van der Waals surface area (Å²) >= 11 is 0. The summed E-state index contributed by atoms with van der Waals surface area (Å²) in [4.78, 5) is 2.19. The van der Waals surface area contributed by atoms with Crippen molar-refractivity contribution in [3.05, 3.63) is 29.8 Å². The summed E-state index contributed by atoms with van der Waals surface area (Å²) in [5, 5.41) is 3.29. The van der Waals surface area contributed by atoms with Gasteiger partial charge in [0.1, 0.15) is 12.4 Å². The van der Waals surface area contributed by atoms with Crippen molar-refractivity contribution in [1.29, 1.82) is 0 Å². The highest BCUT2D eigenvalue weighted by atomic mass is 35.5. The predicted octanol–water partition coefficient (Wildman–Crippen LogP) is 2.42. The van der Waals surface area contributed by atoms with Crippen LogP contribution in [0.3, 0.4) is 0 Å². The molecule has 0 bridgehead atoms. The highest BCUT2D eigenvalue weighted by Crippen LogP contribution is 2.30. The summed E-state index contributed by atoms with van der Waals surface area (Å²) in [5.74, 6) is 0.807. The van der Waals surface area contributed by atoms with Crippen LogP contribution < -0.4 is 10.1 Å². The third-order valence-corrected chi connectivity index (χ3v) is 3.32. The second-order valence-electron chi connectivity index (χ2n) is 4.43. The van der Waals surface area contributed by atoms with E-state index in [1.807, 2.05) is 31.2 Å². The topological polar surface area (TPSA) is 24.5 Å². The van der Waals surface area contributed by atoms with Crippen LogP contribution in [0.2, 0.25) is 0 Å². The van der Waals surface area contributed by atoms with Crippen LogP contribution in [-0.4, -0.2) is 44.4 Å². The second kappa shape index (κ2) is 8.35. The molecule has 1 aliphatic heterocycles. The third-order valence-electron chi connectivity index (χ3n) is 3.32. The molecule has 0 aliphatic carbocycles. The number of alkyl halides is 1. The lowest BCUT2D eigenvalue weighted by Gasteiger charge is -2.34. The second-order valence-corrected chi connectivity index (χ2v) is 4.43. The van der Waals surface area contributed by atoms with Gasteiger partial charge in [0.15, 0.2) is 0 Å². The minimum Gasteiger partial charge on any atom is -0.494 e. The lowest BCUT2D eigenvalue weighted by atomic mass is 10.0. The third kappa shape index (κ3) is 4.06. The zero-order chi connectivity index (χ0) is 12.8. The summed E-state index contributed by atoms with van der Waals surface area (Å²) < 4.78 is 19.0. The van der Waals surface area contributed by atoms with Gasteiger partial charge < -0.3 is 10.1 Å². The van der Waals surface area contributed by atoms with Gasteiger partial charge in [-0.15, -0.1) is 12.4 Å². The Kier molecular flexibility index (Phi) is 7.13. The van der Waals surface area contributed by atoms with Crippen LogP contribution in [0.5, 0.6) is 5.75 Å². The Labute approximate surface area is 120 Å². The molecule has 3 nitrogen and oxygen atoms in total. The first-order valence-electron chi connectivity index (χ1n) is 6.59. The number of rotatable bonds is 5. The van der Waals surface area contributed by atoms with Gasteiger partial charge in [0.05, 0.1) is 12.6 Å².